The number of ether oxygens (including phenoxy) is 2. The van der Waals surface area contributed by atoms with Crippen molar-refractivity contribution in [2.45, 2.75) is 0 Å². The first-order valence-corrected chi connectivity index (χ1v) is 12.6. The van der Waals surface area contributed by atoms with Gasteiger partial charge in [0.25, 0.3) is 0 Å². The standard InChI is InChI=1S/C34H18O6/c35-31-27-15-13-25(17-29(27)33(37)39-31)23-9-5-21(6-10-23)19-1-2-20(4-3-19)22-7-11-24(12-8-22)26-14-16-28-30(18-26)34(38)40-32(28)36/h1-18H. The zero-order valence-electron chi connectivity index (χ0n) is 20.8. The molecule has 0 amide bonds. The third-order valence-corrected chi connectivity index (χ3v) is 7.28. The molecule has 7 rings (SSSR count). The summed E-state index contributed by atoms with van der Waals surface area (Å²) in [7, 11) is 0. The average Bonchev–Trinajstić information content (AvgIpc) is 3.45. The normalized spacial score (nSPS) is 13.6. The lowest BCUT2D eigenvalue weighted by Gasteiger charge is -2.08. The molecule has 0 bridgehead atoms. The van der Waals surface area contributed by atoms with Crippen molar-refractivity contribution in [3.8, 4) is 44.5 Å². The van der Waals surface area contributed by atoms with Crippen LogP contribution in [0.4, 0.5) is 0 Å². The van der Waals surface area contributed by atoms with E-state index in [9.17, 15) is 19.2 Å². The Kier molecular flexibility index (Phi) is 5.28. The van der Waals surface area contributed by atoms with Crippen LogP contribution in [0, 0.1) is 0 Å². The van der Waals surface area contributed by atoms with Crippen LogP contribution in [-0.4, -0.2) is 23.9 Å². The molecule has 2 aliphatic rings. The number of hydrogen-bond donors (Lipinski definition) is 0. The molecule has 0 saturated heterocycles. The van der Waals surface area contributed by atoms with Crippen molar-refractivity contribution >= 4 is 23.9 Å². The van der Waals surface area contributed by atoms with Gasteiger partial charge in [0, 0.05) is 0 Å². The van der Waals surface area contributed by atoms with Gasteiger partial charge in [0.05, 0.1) is 22.3 Å². The van der Waals surface area contributed by atoms with E-state index in [1.807, 2.05) is 60.7 Å². The quantitative estimate of drug-likeness (QED) is 0.187. The Hall–Kier alpha value is -5.62. The summed E-state index contributed by atoms with van der Waals surface area (Å²) in [6, 6.07) is 34.6. The molecular weight excluding hydrogens is 504 g/mol. The Morgan fingerprint density at radius 2 is 0.500 bits per heavy atom. The summed E-state index contributed by atoms with van der Waals surface area (Å²) in [6.45, 7) is 0. The van der Waals surface area contributed by atoms with Crippen LogP contribution in [0.2, 0.25) is 0 Å². The van der Waals surface area contributed by atoms with E-state index in [4.69, 9.17) is 0 Å². The highest BCUT2D eigenvalue weighted by Gasteiger charge is 2.30. The van der Waals surface area contributed by atoms with Crippen LogP contribution in [0.1, 0.15) is 41.4 Å². The molecule has 0 unspecified atom stereocenters. The molecule has 2 heterocycles. The molecule has 2 aliphatic heterocycles. The van der Waals surface area contributed by atoms with E-state index in [2.05, 4.69) is 33.7 Å². The van der Waals surface area contributed by atoms with E-state index < -0.39 is 23.9 Å². The van der Waals surface area contributed by atoms with E-state index in [0.29, 0.717) is 22.3 Å². The smallest absolute Gasteiger partial charge is 0.346 e. The molecule has 0 spiro atoms. The van der Waals surface area contributed by atoms with Gasteiger partial charge in [0.15, 0.2) is 0 Å². The third kappa shape index (κ3) is 3.90. The van der Waals surface area contributed by atoms with E-state index in [-0.39, 0.29) is 0 Å². The van der Waals surface area contributed by atoms with Gasteiger partial charge in [0.1, 0.15) is 0 Å². The number of carbonyl (C=O) groups is 4. The van der Waals surface area contributed by atoms with Gasteiger partial charge in [-0.15, -0.1) is 0 Å². The number of fused-ring (bicyclic) bond motifs is 2. The number of cyclic esters (lactones) is 4. The molecule has 0 atom stereocenters. The predicted octanol–water partition coefficient (Wildman–Crippen LogP) is 6.98. The second-order valence-corrected chi connectivity index (χ2v) is 9.61. The highest BCUT2D eigenvalue weighted by molar-refractivity contribution is 6.16. The fourth-order valence-electron chi connectivity index (χ4n) is 5.10. The molecule has 0 fully saturated rings. The zero-order valence-corrected chi connectivity index (χ0v) is 20.8. The van der Waals surface area contributed by atoms with E-state index in [1.54, 1.807) is 24.3 Å². The van der Waals surface area contributed by atoms with Crippen LogP contribution in [0.25, 0.3) is 44.5 Å². The number of benzene rings is 5. The van der Waals surface area contributed by atoms with Crippen LogP contribution >= 0.6 is 0 Å². The third-order valence-electron chi connectivity index (χ3n) is 7.28. The number of esters is 4. The average molecular weight is 523 g/mol. The Morgan fingerprint density at radius 1 is 0.275 bits per heavy atom. The van der Waals surface area contributed by atoms with Crippen LogP contribution in [0.5, 0.6) is 0 Å². The fraction of sp³-hybridized carbons (Fsp3) is 0. The van der Waals surface area contributed by atoms with E-state index in [1.165, 1.54) is 0 Å². The van der Waals surface area contributed by atoms with Gasteiger partial charge >= 0.3 is 23.9 Å². The molecule has 5 aromatic rings. The first-order valence-electron chi connectivity index (χ1n) is 12.6. The highest BCUT2D eigenvalue weighted by Crippen LogP contribution is 2.32. The molecule has 0 saturated carbocycles. The van der Waals surface area contributed by atoms with Crippen molar-refractivity contribution in [1.82, 2.24) is 0 Å². The first-order chi connectivity index (χ1) is 19.4. The Morgan fingerprint density at radius 3 is 0.800 bits per heavy atom. The summed E-state index contributed by atoms with van der Waals surface area (Å²) >= 11 is 0. The van der Waals surface area contributed by atoms with Crippen molar-refractivity contribution < 1.29 is 28.7 Å². The summed E-state index contributed by atoms with van der Waals surface area (Å²) < 4.78 is 9.37. The van der Waals surface area contributed by atoms with Crippen molar-refractivity contribution in [2.75, 3.05) is 0 Å². The lowest BCUT2D eigenvalue weighted by molar-refractivity contribution is 0.0425. The van der Waals surface area contributed by atoms with Gasteiger partial charge in [-0.05, 0) is 68.8 Å². The maximum Gasteiger partial charge on any atom is 0.346 e. The number of rotatable bonds is 4. The second-order valence-electron chi connectivity index (χ2n) is 9.61. The summed E-state index contributed by atoms with van der Waals surface area (Å²) in [5.41, 5.74) is 8.96. The van der Waals surface area contributed by atoms with Crippen LogP contribution < -0.4 is 0 Å². The Labute approximate surface area is 228 Å². The van der Waals surface area contributed by atoms with Gasteiger partial charge in [-0.2, -0.15) is 0 Å². The van der Waals surface area contributed by atoms with Crippen LogP contribution in [-0.2, 0) is 9.47 Å². The Bertz CT molecular complexity index is 1740. The maximum atomic E-state index is 11.9. The van der Waals surface area contributed by atoms with E-state index >= 15 is 0 Å². The zero-order chi connectivity index (χ0) is 27.4. The second kappa shape index (κ2) is 8.99. The van der Waals surface area contributed by atoms with E-state index in [0.717, 1.165) is 44.5 Å². The summed E-state index contributed by atoms with van der Waals surface area (Å²) in [4.78, 5) is 47.2. The molecular formula is C34H18O6. The minimum absolute atomic E-state index is 0.295. The predicted molar refractivity (Wildman–Crippen MR) is 148 cm³/mol. The van der Waals surface area contributed by atoms with Crippen molar-refractivity contribution in [2.24, 2.45) is 0 Å². The Balaban J connectivity index is 1.09. The molecule has 0 aliphatic carbocycles. The monoisotopic (exact) mass is 522 g/mol. The molecule has 6 nitrogen and oxygen atoms in total. The van der Waals surface area contributed by atoms with Crippen molar-refractivity contribution in [1.29, 1.82) is 0 Å². The van der Waals surface area contributed by atoms with Gasteiger partial charge in [-0.3, -0.25) is 0 Å². The largest absolute Gasteiger partial charge is 0.386 e. The molecule has 0 radical (unpaired) electrons. The van der Waals surface area contributed by atoms with Gasteiger partial charge < -0.3 is 9.47 Å². The first kappa shape index (κ1) is 23.5. The van der Waals surface area contributed by atoms with Crippen LogP contribution in [0.15, 0.2) is 109 Å². The SMILES string of the molecule is O=C1OC(=O)c2cc(-c3ccc(-c4ccc(-c5ccc(-c6ccc7c(c6)C(=O)OC7=O)cc5)cc4)cc3)ccc21. The minimum atomic E-state index is -0.610. The van der Waals surface area contributed by atoms with Crippen LogP contribution in [0.3, 0.4) is 0 Å². The molecule has 5 aromatic carbocycles. The van der Waals surface area contributed by atoms with Crippen molar-refractivity contribution in [3.63, 3.8) is 0 Å². The lowest BCUT2D eigenvalue weighted by atomic mass is 9.95. The minimum Gasteiger partial charge on any atom is -0.386 e. The fourth-order valence-corrected chi connectivity index (χ4v) is 5.10. The highest BCUT2D eigenvalue weighted by atomic mass is 16.6. The number of carbonyl (C=O) groups excluding carboxylic acids is 4. The van der Waals surface area contributed by atoms with Gasteiger partial charge in [0.2, 0.25) is 0 Å². The molecule has 0 aromatic heterocycles. The molecule has 6 heteroatoms. The summed E-state index contributed by atoms with van der Waals surface area (Å²) in [5, 5.41) is 0. The molecule has 190 valence electrons. The maximum absolute atomic E-state index is 11.9. The molecule has 0 N–H and O–H groups in total. The topological polar surface area (TPSA) is 86.7 Å². The van der Waals surface area contributed by atoms with Gasteiger partial charge in [-0.1, -0.05) is 84.9 Å². The summed E-state index contributed by atoms with van der Waals surface area (Å²) in [6.07, 6.45) is 0. The van der Waals surface area contributed by atoms with Crippen molar-refractivity contribution in [3.05, 3.63) is 131 Å². The molecule has 40 heavy (non-hydrogen) atoms. The number of hydrogen-bond acceptors (Lipinski definition) is 6. The summed E-state index contributed by atoms with van der Waals surface area (Å²) in [5.74, 6) is -2.43. The lowest BCUT2D eigenvalue weighted by Crippen LogP contribution is -1.96. The van der Waals surface area contributed by atoms with Gasteiger partial charge in [-0.25, -0.2) is 19.2 Å².